The summed E-state index contributed by atoms with van der Waals surface area (Å²) in [6.45, 7) is 3.77. The number of phosphoric acid groups is 1. The number of ether oxygens (including phenoxy) is 2. The maximum atomic E-state index is 12.2. The fraction of sp³-hybridized carbons (Fsp3) is 0.931. The summed E-state index contributed by atoms with van der Waals surface area (Å²) >= 11 is 0. The quantitative estimate of drug-likeness (QED) is 0.0364. The largest absolute Gasteiger partial charge is 1.00 e. The van der Waals surface area contributed by atoms with Crippen molar-refractivity contribution in [3.8, 4) is 0 Å². The van der Waals surface area contributed by atoms with Crippen LogP contribution < -0.4 is 74.2 Å². The Bertz CT molecular complexity index is 613. The molecule has 1 atom stereocenters. The predicted octanol–water partition coefficient (Wildman–Crippen LogP) is -0.274. The third-order valence-electron chi connectivity index (χ3n) is 6.76. The van der Waals surface area contributed by atoms with Crippen molar-refractivity contribution in [3.05, 3.63) is 0 Å². The number of hydrogen-bond donors (Lipinski definition) is 1. The van der Waals surface area contributed by atoms with Crippen molar-refractivity contribution in [3.63, 3.8) is 0 Å². The average molecular weight is 624 g/mol. The first-order valence-corrected chi connectivity index (χ1v) is 17.0. The Morgan fingerprint density at radius 3 is 1.71 bits per heavy atom. The molecule has 0 unspecified atom stereocenters. The van der Waals surface area contributed by atoms with E-state index in [9.17, 15) is 23.9 Å². The molecule has 0 aromatic rings. The molecule has 0 radical (unpaired) electrons. The van der Waals surface area contributed by atoms with Crippen molar-refractivity contribution in [2.75, 3.05) is 26.3 Å². The van der Waals surface area contributed by atoms with Crippen LogP contribution in [-0.4, -0.2) is 44.8 Å². The smallest absolute Gasteiger partial charge is 0.790 e. The zero-order chi connectivity index (χ0) is 28.9. The van der Waals surface area contributed by atoms with Gasteiger partial charge in [-0.05, 0) is 25.8 Å². The van der Waals surface area contributed by atoms with Crippen LogP contribution in [0.2, 0.25) is 0 Å². The van der Waals surface area contributed by atoms with E-state index in [-0.39, 0.29) is 78.0 Å². The van der Waals surface area contributed by atoms with Gasteiger partial charge in [0.2, 0.25) is 0 Å². The molecule has 232 valence electrons. The molecule has 0 heterocycles. The number of unbranched alkanes of at least 4 members (excludes halogenated alkanes) is 18. The van der Waals surface area contributed by atoms with Gasteiger partial charge in [0.05, 0.1) is 21.0 Å². The summed E-state index contributed by atoms with van der Waals surface area (Å²) in [5.41, 5.74) is 0. The average Bonchev–Trinajstić information content (AvgIpc) is 2.90. The predicted molar refractivity (Wildman–Crippen MR) is 151 cm³/mol. The van der Waals surface area contributed by atoms with Crippen LogP contribution in [0.3, 0.4) is 0 Å². The zero-order valence-corrected chi connectivity index (χ0v) is 31.4. The van der Waals surface area contributed by atoms with E-state index < -0.39 is 20.5 Å². The Morgan fingerprint density at radius 1 is 0.756 bits per heavy atom. The molecule has 41 heavy (non-hydrogen) atoms. The number of hydrogen-bond acceptors (Lipinski definition) is 9. The third-order valence-corrected chi connectivity index (χ3v) is 7.22. The van der Waals surface area contributed by atoms with E-state index >= 15 is 0 Å². The summed E-state index contributed by atoms with van der Waals surface area (Å²) < 4.78 is 25.3. The van der Waals surface area contributed by atoms with Gasteiger partial charge in [-0.1, -0.05) is 116 Å². The summed E-state index contributed by atoms with van der Waals surface area (Å²) in [6, 6.07) is 0. The number of esters is 1. The SMILES string of the molecule is CCCCCCCCCCCC(=O)O[C@@H](CNCCCCCCCCCCCCCOC=O)COP(=O)([O-])[O-].[Na+].[Na+]. The van der Waals surface area contributed by atoms with E-state index in [1.165, 1.54) is 83.5 Å². The first-order chi connectivity index (χ1) is 18.9. The van der Waals surface area contributed by atoms with E-state index in [0.717, 1.165) is 51.5 Å². The first-order valence-electron chi connectivity index (χ1n) is 15.5. The molecule has 0 saturated carbocycles. The van der Waals surface area contributed by atoms with E-state index in [0.29, 0.717) is 13.1 Å². The standard InChI is InChI=1S/C29H58NO8P.2Na/c1-2-3-4-5-6-10-13-16-19-22-29(32)38-28(26-37-39(33,34)35)25-30-23-20-17-14-11-8-7-9-12-15-18-21-24-36-27-31;;/h27-28,30H,2-26H2,1H3,(H2,33,34,35);;/q;2*+1/p-2/t28-;;/m0../s1. The second kappa shape index (κ2) is 35.5. The topological polar surface area (TPSA) is 137 Å². The molecule has 0 spiro atoms. The van der Waals surface area contributed by atoms with Crippen molar-refractivity contribution >= 4 is 20.3 Å². The van der Waals surface area contributed by atoms with Crippen molar-refractivity contribution < 1.29 is 97.1 Å². The molecule has 0 aliphatic rings. The van der Waals surface area contributed by atoms with Gasteiger partial charge in [0.15, 0.2) is 0 Å². The van der Waals surface area contributed by atoms with E-state index in [4.69, 9.17) is 4.74 Å². The Balaban J connectivity index is -0.00000722. The molecule has 1 N–H and O–H groups in total. The number of rotatable bonds is 31. The molecule has 0 aliphatic heterocycles. The van der Waals surface area contributed by atoms with Crippen LogP contribution >= 0.6 is 7.82 Å². The normalized spacial score (nSPS) is 11.8. The van der Waals surface area contributed by atoms with Crippen LogP contribution in [0.1, 0.15) is 142 Å². The van der Waals surface area contributed by atoms with Crippen LogP contribution in [0, 0.1) is 0 Å². The summed E-state index contributed by atoms with van der Waals surface area (Å²) in [6.07, 6.45) is 22.5. The van der Waals surface area contributed by atoms with Crippen molar-refractivity contribution in [1.29, 1.82) is 0 Å². The Hall–Kier alpha value is 1.01. The number of carbonyl (C=O) groups excluding carboxylic acids is 2. The summed E-state index contributed by atoms with van der Waals surface area (Å²) in [5, 5.41) is 3.20. The van der Waals surface area contributed by atoms with Crippen LogP contribution in [0.4, 0.5) is 0 Å². The maximum absolute atomic E-state index is 12.2. The van der Waals surface area contributed by atoms with E-state index in [2.05, 4.69) is 21.5 Å². The third kappa shape index (κ3) is 39.0. The molecule has 0 aromatic carbocycles. The summed E-state index contributed by atoms with van der Waals surface area (Å²) in [4.78, 5) is 44.0. The van der Waals surface area contributed by atoms with Gasteiger partial charge < -0.3 is 33.7 Å². The minimum Gasteiger partial charge on any atom is -0.790 e. The van der Waals surface area contributed by atoms with Gasteiger partial charge >= 0.3 is 65.1 Å². The van der Waals surface area contributed by atoms with Crippen molar-refractivity contribution in [1.82, 2.24) is 5.32 Å². The van der Waals surface area contributed by atoms with E-state index in [1.807, 2.05) is 0 Å². The van der Waals surface area contributed by atoms with Gasteiger partial charge in [0, 0.05) is 13.0 Å². The molecule has 0 aromatic heterocycles. The van der Waals surface area contributed by atoms with Gasteiger partial charge in [-0.15, -0.1) is 0 Å². The van der Waals surface area contributed by atoms with Crippen LogP contribution in [0.15, 0.2) is 0 Å². The molecule has 0 fully saturated rings. The van der Waals surface area contributed by atoms with Crippen molar-refractivity contribution in [2.45, 2.75) is 148 Å². The van der Waals surface area contributed by atoms with Gasteiger partial charge in [0.1, 0.15) is 6.10 Å². The molecular formula is C29H56NNa2O8P. The molecule has 0 bridgehead atoms. The molecular weight excluding hydrogens is 567 g/mol. The Kier molecular flexibility index (Phi) is 40.2. The fourth-order valence-corrected chi connectivity index (χ4v) is 4.82. The molecule has 0 saturated heterocycles. The number of carbonyl (C=O) groups is 2. The monoisotopic (exact) mass is 623 g/mol. The van der Waals surface area contributed by atoms with Crippen molar-refractivity contribution in [2.24, 2.45) is 0 Å². The maximum Gasteiger partial charge on any atom is 1.00 e. The molecule has 9 nitrogen and oxygen atoms in total. The van der Waals surface area contributed by atoms with Crippen LogP contribution in [0.5, 0.6) is 0 Å². The first kappa shape index (κ1) is 46.4. The Labute approximate surface area is 294 Å². The molecule has 12 heteroatoms. The minimum absolute atomic E-state index is 0. The minimum atomic E-state index is -5.12. The fourth-order valence-electron chi connectivity index (χ4n) is 4.47. The molecule has 0 rings (SSSR count). The second-order valence-electron chi connectivity index (χ2n) is 10.5. The van der Waals surface area contributed by atoms with Gasteiger partial charge in [-0.3, -0.25) is 9.59 Å². The van der Waals surface area contributed by atoms with E-state index in [1.54, 1.807) is 0 Å². The summed E-state index contributed by atoms with van der Waals surface area (Å²) in [5.74, 6) is -0.383. The number of nitrogens with one attached hydrogen (secondary N) is 1. The van der Waals surface area contributed by atoms with Gasteiger partial charge in [-0.25, -0.2) is 0 Å². The summed E-state index contributed by atoms with van der Waals surface area (Å²) in [7, 11) is -5.12. The molecule has 0 aliphatic carbocycles. The Morgan fingerprint density at radius 2 is 1.22 bits per heavy atom. The van der Waals surface area contributed by atoms with Crippen LogP contribution in [0.25, 0.3) is 0 Å². The zero-order valence-electron chi connectivity index (χ0n) is 26.5. The second-order valence-corrected chi connectivity index (χ2v) is 11.6. The molecule has 0 amide bonds. The van der Waals surface area contributed by atoms with Crippen LogP contribution in [-0.2, 0) is 28.2 Å². The van der Waals surface area contributed by atoms with Gasteiger partial charge in [-0.2, -0.15) is 0 Å². The van der Waals surface area contributed by atoms with Gasteiger partial charge in [0.25, 0.3) is 6.47 Å². The number of phosphoric ester groups is 1.